The van der Waals surface area contributed by atoms with Crippen molar-refractivity contribution in [1.82, 2.24) is 4.98 Å². The Hall–Kier alpha value is -2.27. The van der Waals surface area contributed by atoms with Crippen LogP contribution in [0.15, 0.2) is 47.3 Å². The van der Waals surface area contributed by atoms with Crippen LogP contribution in [-0.2, 0) is 11.2 Å². The summed E-state index contributed by atoms with van der Waals surface area (Å²) in [6, 6.07) is 15.1. The van der Waals surface area contributed by atoms with E-state index in [2.05, 4.69) is 65.0 Å². The van der Waals surface area contributed by atoms with Crippen LogP contribution in [0.25, 0.3) is 0 Å². The molecule has 4 rings (SSSR count). The number of rotatable bonds is 5. The predicted octanol–water partition coefficient (Wildman–Crippen LogP) is 4.09. The lowest BCUT2D eigenvalue weighted by molar-refractivity contribution is 0.122. The minimum atomic E-state index is -0.0166. The molecule has 2 atom stereocenters. The summed E-state index contributed by atoms with van der Waals surface area (Å²) in [5.41, 5.74) is 2.36. The summed E-state index contributed by atoms with van der Waals surface area (Å²) in [6.45, 7) is 8.81. The molecule has 0 amide bonds. The summed E-state index contributed by atoms with van der Waals surface area (Å²) >= 11 is 0. The first-order valence-electron chi connectivity index (χ1n) is 11.5. The van der Waals surface area contributed by atoms with Gasteiger partial charge in [-0.3, -0.25) is 4.79 Å². The third-order valence-electron chi connectivity index (χ3n) is 6.75. The molecule has 1 N–H and O–H groups in total. The van der Waals surface area contributed by atoms with E-state index >= 15 is 0 Å². The number of nitrogens with zero attached hydrogens (tertiary/aromatic N) is 2. The molecule has 5 heteroatoms. The molecule has 0 saturated carbocycles. The second-order valence-electron chi connectivity index (χ2n) is 9.11. The fourth-order valence-electron chi connectivity index (χ4n) is 4.98. The maximum absolute atomic E-state index is 12.6. The summed E-state index contributed by atoms with van der Waals surface area (Å²) in [6.07, 6.45) is 4.59. The molecule has 3 heterocycles. The number of aromatic nitrogens is 1. The zero-order chi connectivity index (χ0) is 20.9. The molecule has 2 saturated heterocycles. The monoisotopic (exact) mass is 409 g/mol. The number of anilines is 2. The standard InChI is InChI=1S/C25H35N3O2/c1-19(2)21-9-6-10-28(23(16-21)15-20-7-4-3-5-8-20)24-17-22(18-25(29)26-24)27-11-13-30-14-12-27/h3-5,7-8,17-19,21,23H,6,9-16H2,1-2H3,(H,26,29)/t21-,23-/m0/s1. The van der Waals surface area contributed by atoms with Gasteiger partial charge in [-0.1, -0.05) is 44.2 Å². The molecule has 1 aromatic carbocycles. The van der Waals surface area contributed by atoms with Crippen LogP contribution in [0.4, 0.5) is 11.5 Å². The van der Waals surface area contributed by atoms with Crippen LogP contribution in [-0.4, -0.2) is 43.9 Å². The van der Waals surface area contributed by atoms with E-state index in [9.17, 15) is 4.79 Å². The Morgan fingerprint density at radius 3 is 2.60 bits per heavy atom. The molecule has 0 aliphatic carbocycles. The molecule has 162 valence electrons. The molecule has 2 aliphatic rings. The van der Waals surface area contributed by atoms with Gasteiger partial charge >= 0.3 is 0 Å². The SMILES string of the molecule is CC(C)[C@H]1CCCN(c2cc(N3CCOCC3)cc(=O)[nH]2)[C@@H](Cc2ccccc2)C1. The Labute approximate surface area is 180 Å². The van der Waals surface area contributed by atoms with Gasteiger partial charge in [0.05, 0.1) is 13.2 Å². The summed E-state index contributed by atoms with van der Waals surface area (Å²) in [5, 5.41) is 0. The molecule has 30 heavy (non-hydrogen) atoms. The Morgan fingerprint density at radius 1 is 1.10 bits per heavy atom. The van der Waals surface area contributed by atoms with Crippen LogP contribution in [0.3, 0.4) is 0 Å². The Balaban J connectivity index is 1.65. The van der Waals surface area contributed by atoms with Crippen LogP contribution < -0.4 is 15.4 Å². The normalized spacial score (nSPS) is 22.9. The molecule has 0 radical (unpaired) electrons. The van der Waals surface area contributed by atoms with Crippen LogP contribution in [0.2, 0.25) is 0 Å². The zero-order valence-electron chi connectivity index (χ0n) is 18.3. The lowest BCUT2D eigenvalue weighted by atomic mass is 9.85. The third-order valence-corrected chi connectivity index (χ3v) is 6.75. The van der Waals surface area contributed by atoms with Gasteiger partial charge in [0.2, 0.25) is 0 Å². The van der Waals surface area contributed by atoms with Crippen molar-refractivity contribution in [3.8, 4) is 0 Å². The Kier molecular flexibility index (Phi) is 6.78. The number of H-pyrrole nitrogens is 1. The molecule has 0 spiro atoms. The predicted molar refractivity (Wildman–Crippen MR) is 124 cm³/mol. The third kappa shape index (κ3) is 5.07. The lowest BCUT2D eigenvalue weighted by Gasteiger charge is -2.35. The van der Waals surface area contributed by atoms with Crippen molar-refractivity contribution in [2.24, 2.45) is 11.8 Å². The van der Waals surface area contributed by atoms with Crippen molar-refractivity contribution in [2.75, 3.05) is 42.6 Å². The first-order chi connectivity index (χ1) is 14.6. The number of ether oxygens (including phenoxy) is 1. The summed E-state index contributed by atoms with van der Waals surface area (Å²) in [4.78, 5) is 20.5. The molecule has 0 unspecified atom stereocenters. The minimum Gasteiger partial charge on any atom is -0.378 e. The van der Waals surface area contributed by atoms with E-state index in [1.807, 2.05) is 0 Å². The number of hydrogen-bond acceptors (Lipinski definition) is 4. The van der Waals surface area contributed by atoms with E-state index in [-0.39, 0.29) is 5.56 Å². The van der Waals surface area contributed by atoms with Gasteiger partial charge in [-0.05, 0) is 43.1 Å². The van der Waals surface area contributed by atoms with E-state index in [1.165, 1.54) is 12.0 Å². The molecule has 2 aliphatic heterocycles. The van der Waals surface area contributed by atoms with E-state index < -0.39 is 0 Å². The van der Waals surface area contributed by atoms with Crippen LogP contribution in [0.5, 0.6) is 0 Å². The van der Waals surface area contributed by atoms with Crippen molar-refractivity contribution < 1.29 is 4.74 Å². The van der Waals surface area contributed by atoms with E-state index in [4.69, 9.17) is 4.74 Å². The maximum Gasteiger partial charge on any atom is 0.251 e. The second-order valence-corrected chi connectivity index (χ2v) is 9.11. The molecular formula is C25H35N3O2. The fourth-order valence-corrected chi connectivity index (χ4v) is 4.98. The number of benzene rings is 1. The minimum absolute atomic E-state index is 0.0166. The summed E-state index contributed by atoms with van der Waals surface area (Å²) in [7, 11) is 0. The average molecular weight is 410 g/mol. The van der Waals surface area contributed by atoms with Gasteiger partial charge in [0.15, 0.2) is 0 Å². The van der Waals surface area contributed by atoms with Gasteiger partial charge in [0.1, 0.15) is 5.82 Å². The zero-order valence-corrected chi connectivity index (χ0v) is 18.3. The van der Waals surface area contributed by atoms with Crippen molar-refractivity contribution in [1.29, 1.82) is 0 Å². The first kappa shape index (κ1) is 21.0. The van der Waals surface area contributed by atoms with Gasteiger partial charge in [-0.25, -0.2) is 0 Å². The van der Waals surface area contributed by atoms with Gasteiger partial charge < -0.3 is 19.5 Å². The maximum atomic E-state index is 12.6. The molecule has 2 aromatic rings. The molecular weight excluding hydrogens is 374 g/mol. The highest BCUT2D eigenvalue weighted by molar-refractivity contribution is 5.56. The highest BCUT2D eigenvalue weighted by Crippen LogP contribution is 2.33. The number of nitrogens with one attached hydrogen (secondary N) is 1. The van der Waals surface area contributed by atoms with Gasteiger partial charge in [-0.15, -0.1) is 0 Å². The number of morpholine rings is 1. The van der Waals surface area contributed by atoms with Crippen molar-refractivity contribution in [3.63, 3.8) is 0 Å². The number of aromatic amines is 1. The van der Waals surface area contributed by atoms with Gasteiger partial charge in [0.25, 0.3) is 5.56 Å². The topological polar surface area (TPSA) is 48.6 Å². The highest BCUT2D eigenvalue weighted by atomic mass is 16.5. The summed E-state index contributed by atoms with van der Waals surface area (Å²) in [5.74, 6) is 2.37. The van der Waals surface area contributed by atoms with Crippen LogP contribution in [0, 0.1) is 11.8 Å². The van der Waals surface area contributed by atoms with E-state index in [1.54, 1.807) is 6.07 Å². The molecule has 5 nitrogen and oxygen atoms in total. The van der Waals surface area contributed by atoms with E-state index in [0.717, 1.165) is 69.5 Å². The smallest absolute Gasteiger partial charge is 0.251 e. The largest absolute Gasteiger partial charge is 0.378 e. The van der Waals surface area contributed by atoms with Crippen molar-refractivity contribution in [3.05, 3.63) is 58.4 Å². The van der Waals surface area contributed by atoms with Crippen LogP contribution in [0.1, 0.15) is 38.7 Å². The van der Waals surface area contributed by atoms with Gasteiger partial charge in [0, 0.05) is 43.5 Å². The first-order valence-corrected chi connectivity index (χ1v) is 11.5. The lowest BCUT2D eigenvalue weighted by Crippen LogP contribution is -2.40. The fraction of sp³-hybridized carbons (Fsp3) is 0.560. The van der Waals surface area contributed by atoms with E-state index in [0.29, 0.717) is 12.0 Å². The van der Waals surface area contributed by atoms with Crippen LogP contribution >= 0.6 is 0 Å². The quantitative estimate of drug-likeness (QED) is 0.808. The second kappa shape index (κ2) is 9.69. The molecule has 1 aromatic heterocycles. The number of hydrogen-bond donors (Lipinski definition) is 1. The van der Waals surface area contributed by atoms with Crippen molar-refractivity contribution in [2.45, 2.75) is 45.6 Å². The van der Waals surface area contributed by atoms with Gasteiger partial charge in [-0.2, -0.15) is 0 Å². The Morgan fingerprint density at radius 2 is 1.87 bits per heavy atom. The molecule has 2 fully saturated rings. The Bertz CT molecular complexity index is 858. The number of pyridine rings is 1. The van der Waals surface area contributed by atoms with Crippen molar-refractivity contribution >= 4 is 11.5 Å². The summed E-state index contributed by atoms with van der Waals surface area (Å²) < 4.78 is 5.49. The highest BCUT2D eigenvalue weighted by Gasteiger charge is 2.29. The molecule has 0 bridgehead atoms. The average Bonchev–Trinajstić information content (AvgIpc) is 2.97.